The minimum absolute atomic E-state index is 0.00898. The van der Waals surface area contributed by atoms with Gasteiger partial charge < -0.3 is 10.6 Å². The first-order valence-electron chi connectivity index (χ1n) is 7.73. The molecule has 1 aromatic rings. The normalized spacial score (nSPS) is 15.2. The van der Waals surface area contributed by atoms with Crippen LogP contribution in [-0.4, -0.2) is 46.1 Å². The molecule has 0 spiro atoms. The summed E-state index contributed by atoms with van der Waals surface area (Å²) >= 11 is 4.19. The average molecular weight is 375 g/mol. The lowest BCUT2D eigenvalue weighted by molar-refractivity contribution is -0.119. The molecule has 0 bridgehead atoms. The fraction of sp³-hybridized carbons (Fsp3) is 0.714. The van der Waals surface area contributed by atoms with Gasteiger partial charge in [0.15, 0.2) is 8.68 Å². The van der Waals surface area contributed by atoms with Gasteiger partial charge in [0.2, 0.25) is 11.8 Å². The van der Waals surface area contributed by atoms with Crippen molar-refractivity contribution >= 4 is 46.7 Å². The molecule has 6 nitrogen and oxygen atoms in total. The smallest absolute Gasteiger partial charge is 0.230 e. The standard InChI is InChI=1S/C14H22N4O2S3/c1-3-6-15-11(19)7-21-13-17-18-14(23-13)22-8-12(20)16-9(2)10-4-5-10/h9-10H,3-8H2,1-2H3,(H,15,19)(H,16,20)/t9-/m1/s1. The van der Waals surface area contributed by atoms with E-state index < -0.39 is 0 Å². The first kappa shape index (κ1) is 18.5. The fourth-order valence-corrected chi connectivity index (χ4v) is 4.55. The van der Waals surface area contributed by atoms with Crippen molar-refractivity contribution in [2.75, 3.05) is 18.1 Å². The van der Waals surface area contributed by atoms with Crippen molar-refractivity contribution < 1.29 is 9.59 Å². The van der Waals surface area contributed by atoms with Crippen LogP contribution in [0.5, 0.6) is 0 Å². The molecule has 2 N–H and O–H groups in total. The van der Waals surface area contributed by atoms with Gasteiger partial charge in [-0.3, -0.25) is 9.59 Å². The Labute approximate surface area is 149 Å². The van der Waals surface area contributed by atoms with Crippen molar-refractivity contribution in [3.8, 4) is 0 Å². The van der Waals surface area contributed by atoms with Crippen LogP contribution in [0.4, 0.5) is 0 Å². The Morgan fingerprint density at radius 2 is 1.83 bits per heavy atom. The monoisotopic (exact) mass is 374 g/mol. The summed E-state index contributed by atoms with van der Waals surface area (Å²) in [6.07, 6.45) is 3.37. The number of aromatic nitrogens is 2. The molecule has 1 saturated carbocycles. The number of rotatable bonds is 10. The van der Waals surface area contributed by atoms with E-state index in [9.17, 15) is 9.59 Å². The molecule has 1 fully saturated rings. The summed E-state index contributed by atoms with van der Waals surface area (Å²) in [7, 11) is 0. The van der Waals surface area contributed by atoms with Crippen LogP contribution in [0.2, 0.25) is 0 Å². The van der Waals surface area contributed by atoms with E-state index in [0.29, 0.717) is 24.0 Å². The third kappa shape index (κ3) is 7.09. The quantitative estimate of drug-likeness (QED) is 0.611. The molecule has 23 heavy (non-hydrogen) atoms. The van der Waals surface area contributed by atoms with E-state index in [1.54, 1.807) is 0 Å². The summed E-state index contributed by atoms with van der Waals surface area (Å²) < 4.78 is 1.52. The maximum absolute atomic E-state index is 11.8. The van der Waals surface area contributed by atoms with E-state index in [2.05, 4.69) is 27.8 Å². The second-order valence-corrected chi connectivity index (χ2v) is 8.88. The van der Waals surface area contributed by atoms with Crippen LogP contribution in [0.15, 0.2) is 8.68 Å². The zero-order valence-corrected chi connectivity index (χ0v) is 15.8. The molecular formula is C14H22N4O2S3. The number of thioether (sulfide) groups is 2. The van der Waals surface area contributed by atoms with Gasteiger partial charge >= 0.3 is 0 Å². The fourth-order valence-electron chi connectivity index (χ4n) is 1.89. The van der Waals surface area contributed by atoms with Gasteiger partial charge in [0.05, 0.1) is 11.5 Å². The molecule has 1 heterocycles. The number of nitrogens with zero attached hydrogens (tertiary/aromatic N) is 2. The zero-order chi connectivity index (χ0) is 16.7. The lowest BCUT2D eigenvalue weighted by atomic mass is 10.2. The molecule has 0 aliphatic heterocycles. The van der Waals surface area contributed by atoms with E-state index >= 15 is 0 Å². The molecule has 1 aliphatic rings. The Kier molecular flexibility index (Phi) is 7.64. The van der Waals surface area contributed by atoms with E-state index in [1.807, 2.05) is 6.92 Å². The lowest BCUT2D eigenvalue weighted by Gasteiger charge is -2.11. The van der Waals surface area contributed by atoms with Gasteiger partial charge in [0.1, 0.15) is 0 Å². The van der Waals surface area contributed by atoms with Gasteiger partial charge in [-0.25, -0.2) is 0 Å². The number of hydrogen-bond acceptors (Lipinski definition) is 7. The van der Waals surface area contributed by atoms with Crippen LogP contribution in [0, 0.1) is 5.92 Å². The Morgan fingerprint density at radius 3 is 2.39 bits per heavy atom. The maximum Gasteiger partial charge on any atom is 0.230 e. The average Bonchev–Trinajstić information content (AvgIpc) is 3.29. The lowest BCUT2D eigenvalue weighted by Crippen LogP contribution is -2.35. The number of amides is 2. The van der Waals surface area contributed by atoms with Crippen LogP contribution in [-0.2, 0) is 9.59 Å². The summed E-state index contributed by atoms with van der Waals surface area (Å²) in [4.78, 5) is 23.4. The molecule has 0 unspecified atom stereocenters. The predicted molar refractivity (Wildman–Crippen MR) is 95.0 cm³/mol. The van der Waals surface area contributed by atoms with E-state index in [1.165, 1.54) is 47.7 Å². The van der Waals surface area contributed by atoms with E-state index in [0.717, 1.165) is 15.1 Å². The minimum Gasteiger partial charge on any atom is -0.355 e. The third-order valence-corrected chi connectivity index (χ3v) is 6.52. The van der Waals surface area contributed by atoms with Crippen LogP contribution >= 0.6 is 34.9 Å². The number of carbonyl (C=O) groups excluding carboxylic acids is 2. The molecule has 2 amide bonds. The molecule has 0 radical (unpaired) electrons. The van der Waals surface area contributed by atoms with Crippen LogP contribution in [0.3, 0.4) is 0 Å². The molecule has 9 heteroatoms. The second-order valence-electron chi connectivity index (χ2n) is 5.45. The van der Waals surface area contributed by atoms with Crippen molar-refractivity contribution in [1.29, 1.82) is 0 Å². The van der Waals surface area contributed by atoms with E-state index in [4.69, 9.17) is 0 Å². The first-order valence-corrected chi connectivity index (χ1v) is 10.5. The summed E-state index contributed by atoms with van der Waals surface area (Å²) in [5.74, 6) is 1.41. The highest BCUT2D eigenvalue weighted by Gasteiger charge is 2.28. The topological polar surface area (TPSA) is 84.0 Å². The molecule has 0 aromatic carbocycles. The molecule has 0 saturated heterocycles. The number of nitrogens with one attached hydrogen (secondary N) is 2. The van der Waals surface area contributed by atoms with Crippen LogP contribution < -0.4 is 10.6 Å². The summed E-state index contributed by atoms with van der Waals surface area (Å²) in [5.41, 5.74) is 0. The minimum atomic E-state index is 0.00898. The van der Waals surface area contributed by atoms with Crippen molar-refractivity contribution in [3.05, 3.63) is 0 Å². The highest BCUT2D eigenvalue weighted by atomic mass is 32.2. The zero-order valence-electron chi connectivity index (χ0n) is 13.3. The Morgan fingerprint density at radius 1 is 1.22 bits per heavy atom. The van der Waals surface area contributed by atoms with Crippen LogP contribution in [0.1, 0.15) is 33.1 Å². The summed E-state index contributed by atoms with van der Waals surface area (Å²) in [6, 6.07) is 0.269. The molecule has 2 rings (SSSR count). The van der Waals surface area contributed by atoms with Crippen molar-refractivity contribution in [1.82, 2.24) is 20.8 Å². The van der Waals surface area contributed by atoms with Gasteiger partial charge in [-0.15, -0.1) is 10.2 Å². The summed E-state index contributed by atoms with van der Waals surface area (Å²) in [6.45, 7) is 4.78. The third-order valence-electron chi connectivity index (χ3n) is 3.33. The first-order chi connectivity index (χ1) is 11.1. The van der Waals surface area contributed by atoms with Crippen molar-refractivity contribution in [2.45, 2.75) is 47.8 Å². The predicted octanol–water partition coefficient (Wildman–Crippen LogP) is 2.16. The largest absolute Gasteiger partial charge is 0.355 e. The number of hydrogen-bond donors (Lipinski definition) is 2. The Balaban J connectivity index is 1.65. The molecule has 1 atom stereocenters. The van der Waals surface area contributed by atoms with E-state index in [-0.39, 0.29) is 17.9 Å². The van der Waals surface area contributed by atoms with Gasteiger partial charge in [-0.2, -0.15) is 0 Å². The van der Waals surface area contributed by atoms with Crippen molar-refractivity contribution in [3.63, 3.8) is 0 Å². The molecule has 1 aromatic heterocycles. The van der Waals surface area contributed by atoms with Gasteiger partial charge in [-0.1, -0.05) is 41.8 Å². The van der Waals surface area contributed by atoms with Gasteiger partial charge in [0.25, 0.3) is 0 Å². The van der Waals surface area contributed by atoms with Gasteiger partial charge in [-0.05, 0) is 32.1 Å². The number of carbonyl (C=O) groups is 2. The van der Waals surface area contributed by atoms with Crippen LogP contribution in [0.25, 0.3) is 0 Å². The molecule has 1 aliphatic carbocycles. The SMILES string of the molecule is CCCNC(=O)CSc1nnc(SCC(=O)N[C@H](C)C2CC2)s1. The second kappa shape index (κ2) is 9.48. The van der Waals surface area contributed by atoms with Crippen molar-refractivity contribution in [2.24, 2.45) is 5.92 Å². The Bertz CT molecular complexity index is 534. The van der Waals surface area contributed by atoms with Gasteiger partial charge in [0, 0.05) is 12.6 Å². The molecule has 128 valence electrons. The maximum atomic E-state index is 11.8. The highest BCUT2D eigenvalue weighted by molar-refractivity contribution is 8.03. The highest BCUT2D eigenvalue weighted by Crippen LogP contribution is 2.32. The molecular weight excluding hydrogens is 352 g/mol. The Hall–Kier alpha value is -0.800. The summed E-state index contributed by atoms with van der Waals surface area (Å²) in [5, 5.41) is 13.9.